The van der Waals surface area contributed by atoms with Crippen molar-refractivity contribution in [3.63, 3.8) is 0 Å². The van der Waals surface area contributed by atoms with Crippen LogP contribution in [-0.4, -0.2) is 21.7 Å². The molecule has 0 unspecified atom stereocenters. The van der Waals surface area contributed by atoms with E-state index >= 15 is 0 Å². The van der Waals surface area contributed by atoms with Gasteiger partial charge in [0.2, 0.25) is 5.91 Å². The molecule has 0 aromatic heterocycles. The molecule has 1 heterocycles. The zero-order valence-corrected chi connectivity index (χ0v) is 9.50. The lowest BCUT2D eigenvalue weighted by atomic mass is 10.1. The van der Waals surface area contributed by atoms with Crippen molar-refractivity contribution < 1.29 is 14.7 Å². The quantitative estimate of drug-likeness (QED) is 0.825. The van der Waals surface area contributed by atoms with Gasteiger partial charge in [0.25, 0.3) is 0 Å². The summed E-state index contributed by atoms with van der Waals surface area (Å²) in [6.45, 7) is 1.65. The van der Waals surface area contributed by atoms with Crippen LogP contribution in [0.25, 0.3) is 0 Å². The molecule has 1 amide bonds. The highest BCUT2D eigenvalue weighted by Crippen LogP contribution is 2.43. The molecule has 2 rings (SSSR count). The molecular weight excluding hydrogens is 226 g/mol. The Morgan fingerprint density at radius 3 is 2.88 bits per heavy atom. The first kappa shape index (κ1) is 11.0. The Morgan fingerprint density at radius 2 is 2.19 bits per heavy atom. The third-order valence-electron chi connectivity index (χ3n) is 2.44. The summed E-state index contributed by atoms with van der Waals surface area (Å²) in [6.07, 6.45) is -0.183. The number of carboxylic acids is 1. The van der Waals surface area contributed by atoms with E-state index in [9.17, 15) is 9.59 Å². The molecule has 0 bridgehead atoms. The molecule has 0 saturated heterocycles. The number of benzene rings is 1. The van der Waals surface area contributed by atoms with Gasteiger partial charge in [-0.25, -0.2) is 0 Å². The third kappa shape index (κ3) is 1.90. The summed E-state index contributed by atoms with van der Waals surface area (Å²) in [5.74, 6) is -1.22. The lowest BCUT2D eigenvalue weighted by molar-refractivity contribution is -0.139. The predicted molar refractivity (Wildman–Crippen MR) is 61.6 cm³/mol. The van der Waals surface area contributed by atoms with Crippen molar-refractivity contribution in [2.75, 3.05) is 5.32 Å². The van der Waals surface area contributed by atoms with Gasteiger partial charge < -0.3 is 10.4 Å². The molecule has 0 radical (unpaired) electrons. The van der Waals surface area contributed by atoms with E-state index in [1.807, 2.05) is 18.2 Å². The summed E-state index contributed by atoms with van der Waals surface area (Å²) in [4.78, 5) is 23.5. The number of fused-ring (bicyclic) bond motifs is 1. The van der Waals surface area contributed by atoms with Crippen LogP contribution in [0.1, 0.15) is 13.3 Å². The summed E-state index contributed by atoms with van der Waals surface area (Å²) >= 11 is 1.30. The van der Waals surface area contributed by atoms with Crippen molar-refractivity contribution in [3.05, 3.63) is 24.3 Å². The van der Waals surface area contributed by atoms with E-state index < -0.39 is 10.7 Å². The van der Waals surface area contributed by atoms with Gasteiger partial charge in [-0.3, -0.25) is 9.59 Å². The number of hydrogen-bond donors (Lipinski definition) is 2. The van der Waals surface area contributed by atoms with Crippen LogP contribution < -0.4 is 5.32 Å². The molecule has 1 aromatic carbocycles. The highest BCUT2D eigenvalue weighted by Gasteiger charge is 2.40. The Bertz CT molecular complexity index is 460. The summed E-state index contributed by atoms with van der Waals surface area (Å²) in [5.41, 5.74) is 0.750. The van der Waals surface area contributed by atoms with Gasteiger partial charge in [0.05, 0.1) is 12.1 Å². The number of carbonyl (C=O) groups is 2. The van der Waals surface area contributed by atoms with Crippen LogP contribution in [-0.2, 0) is 9.59 Å². The molecule has 5 heteroatoms. The number of thioether (sulfide) groups is 1. The average molecular weight is 237 g/mol. The zero-order chi connectivity index (χ0) is 11.8. The molecule has 84 valence electrons. The van der Waals surface area contributed by atoms with Crippen LogP contribution in [0.4, 0.5) is 5.69 Å². The number of carboxylic acid groups (broad SMARTS) is 1. The fourth-order valence-electron chi connectivity index (χ4n) is 1.61. The Kier molecular flexibility index (Phi) is 2.63. The molecule has 0 saturated carbocycles. The van der Waals surface area contributed by atoms with Crippen molar-refractivity contribution >= 4 is 29.3 Å². The van der Waals surface area contributed by atoms with E-state index in [1.54, 1.807) is 13.0 Å². The van der Waals surface area contributed by atoms with Crippen molar-refractivity contribution in [2.45, 2.75) is 23.0 Å². The van der Waals surface area contributed by atoms with Crippen LogP contribution in [0.15, 0.2) is 29.2 Å². The number of carbonyl (C=O) groups excluding carboxylic acids is 1. The van der Waals surface area contributed by atoms with Crippen molar-refractivity contribution in [1.82, 2.24) is 0 Å². The SMILES string of the molecule is C[C@]1(CC(=O)O)Sc2ccccc2NC1=O. The number of aliphatic carboxylic acids is 1. The van der Waals surface area contributed by atoms with Gasteiger partial charge in [-0.15, -0.1) is 11.8 Å². The maximum Gasteiger partial charge on any atom is 0.305 e. The normalized spacial score (nSPS) is 23.4. The molecule has 1 atom stereocenters. The monoisotopic (exact) mass is 237 g/mol. The summed E-state index contributed by atoms with van der Waals surface area (Å²) in [7, 11) is 0. The minimum absolute atomic E-state index is 0.183. The topological polar surface area (TPSA) is 66.4 Å². The number of hydrogen-bond acceptors (Lipinski definition) is 3. The Hall–Kier alpha value is -1.49. The highest BCUT2D eigenvalue weighted by molar-refractivity contribution is 8.01. The summed E-state index contributed by atoms with van der Waals surface area (Å²) < 4.78 is -0.930. The van der Waals surface area contributed by atoms with Crippen LogP contribution in [0.3, 0.4) is 0 Å². The maximum atomic E-state index is 11.8. The number of nitrogens with one attached hydrogen (secondary N) is 1. The summed E-state index contributed by atoms with van der Waals surface area (Å²) in [5, 5.41) is 11.5. The molecule has 2 N–H and O–H groups in total. The molecule has 1 aromatic rings. The fourth-order valence-corrected chi connectivity index (χ4v) is 2.81. The first-order valence-corrected chi connectivity index (χ1v) is 5.64. The van der Waals surface area contributed by atoms with Crippen LogP contribution in [0.2, 0.25) is 0 Å². The van der Waals surface area contributed by atoms with Crippen molar-refractivity contribution in [2.24, 2.45) is 0 Å². The van der Waals surface area contributed by atoms with Crippen molar-refractivity contribution in [3.8, 4) is 0 Å². The van der Waals surface area contributed by atoms with Gasteiger partial charge in [0.1, 0.15) is 4.75 Å². The van der Waals surface area contributed by atoms with Gasteiger partial charge in [-0.2, -0.15) is 0 Å². The standard InChI is InChI=1S/C11H11NO3S/c1-11(6-9(13)14)10(15)12-7-4-2-3-5-8(7)16-11/h2-5H,6H2,1H3,(H,12,15)(H,13,14)/t11-/m1/s1. The second kappa shape index (κ2) is 3.83. The lowest BCUT2D eigenvalue weighted by Crippen LogP contribution is -2.41. The van der Waals surface area contributed by atoms with Gasteiger partial charge in [-0.05, 0) is 19.1 Å². The largest absolute Gasteiger partial charge is 0.481 e. The third-order valence-corrected chi connectivity index (χ3v) is 3.80. The number of amides is 1. The number of rotatable bonds is 2. The van der Waals surface area contributed by atoms with Crippen LogP contribution in [0.5, 0.6) is 0 Å². The Morgan fingerprint density at radius 1 is 1.50 bits per heavy atom. The van der Waals surface area contributed by atoms with E-state index in [2.05, 4.69) is 5.32 Å². The van der Waals surface area contributed by atoms with Gasteiger partial charge in [-0.1, -0.05) is 12.1 Å². The number of para-hydroxylation sites is 1. The highest BCUT2D eigenvalue weighted by atomic mass is 32.2. The predicted octanol–water partition coefficient (Wildman–Crippen LogP) is 1.96. The van der Waals surface area contributed by atoms with Gasteiger partial charge >= 0.3 is 5.97 Å². The van der Waals surface area contributed by atoms with Crippen LogP contribution in [0, 0.1) is 0 Å². The maximum absolute atomic E-state index is 11.8. The van der Waals surface area contributed by atoms with Crippen LogP contribution >= 0.6 is 11.8 Å². The van der Waals surface area contributed by atoms with E-state index in [4.69, 9.17) is 5.11 Å². The van der Waals surface area contributed by atoms with E-state index in [-0.39, 0.29) is 12.3 Å². The molecule has 16 heavy (non-hydrogen) atoms. The smallest absolute Gasteiger partial charge is 0.305 e. The van der Waals surface area contributed by atoms with Gasteiger partial charge in [0, 0.05) is 4.90 Å². The molecule has 0 fully saturated rings. The zero-order valence-electron chi connectivity index (χ0n) is 8.69. The molecule has 0 spiro atoms. The van der Waals surface area contributed by atoms with Gasteiger partial charge in [0.15, 0.2) is 0 Å². The molecule has 4 nitrogen and oxygen atoms in total. The number of anilines is 1. The first-order chi connectivity index (χ1) is 7.51. The van der Waals surface area contributed by atoms with E-state index in [0.29, 0.717) is 0 Å². The second-order valence-electron chi connectivity index (χ2n) is 3.85. The minimum atomic E-state index is -0.968. The summed E-state index contributed by atoms with van der Waals surface area (Å²) in [6, 6.07) is 7.38. The first-order valence-electron chi connectivity index (χ1n) is 4.82. The van der Waals surface area contributed by atoms with E-state index in [0.717, 1.165) is 10.6 Å². The Labute approximate surface area is 97.0 Å². The molecule has 0 aliphatic carbocycles. The molecule has 1 aliphatic rings. The molecule has 1 aliphatic heterocycles. The molecular formula is C11H11NO3S. The second-order valence-corrected chi connectivity index (χ2v) is 5.40. The lowest BCUT2D eigenvalue weighted by Gasteiger charge is -2.31. The fraction of sp³-hybridized carbons (Fsp3) is 0.273. The van der Waals surface area contributed by atoms with Crippen molar-refractivity contribution in [1.29, 1.82) is 0 Å². The average Bonchev–Trinajstić information content (AvgIpc) is 2.18. The minimum Gasteiger partial charge on any atom is -0.481 e. The Balaban J connectivity index is 2.34. The van der Waals surface area contributed by atoms with E-state index in [1.165, 1.54) is 11.8 Å².